The summed E-state index contributed by atoms with van der Waals surface area (Å²) in [7, 11) is 3.26. The Balaban J connectivity index is 1.86. The first-order valence-electron chi connectivity index (χ1n) is 7.71. The van der Waals surface area contributed by atoms with Gasteiger partial charge in [-0.3, -0.25) is 9.89 Å². The number of carbonyl (C=O) groups is 2. The number of carbonyl (C=O) groups excluding carboxylic acids is 2. The van der Waals surface area contributed by atoms with Crippen LogP contribution in [-0.2, 0) is 11.8 Å². The summed E-state index contributed by atoms with van der Waals surface area (Å²) in [6.07, 6.45) is 1.64. The summed E-state index contributed by atoms with van der Waals surface area (Å²) in [4.78, 5) is 24.4. The molecule has 0 aliphatic carbocycles. The number of anilines is 1. The Morgan fingerprint density at radius 2 is 2.16 bits per heavy atom. The predicted molar refractivity (Wildman–Crippen MR) is 92.0 cm³/mol. The summed E-state index contributed by atoms with van der Waals surface area (Å²) in [5.41, 5.74) is 1.73. The second-order valence-electron chi connectivity index (χ2n) is 5.35. The standard InChI is InChI=1S/C17H18N4O4/c1-4-25-17(23)12-8-10(9-21(12)2)18-16(22)15-11-6-5-7-13(24-3)14(11)19-20-15/h5-9H,4H2,1-3H3,(H,18,22)(H,19,20). The van der Waals surface area contributed by atoms with Crippen LogP contribution in [0.5, 0.6) is 5.75 Å². The Hall–Kier alpha value is -3.29. The molecule has 0 aliphatic rings. The summed E-state index contributed by atoms with van der Waals surface area (Å²) in [6, 6.07) is 6.91. The molecule has 0 radical (unpaired) electrons. The number of esters is 1. The molecule has 3 aromatic rings. The van der Waals surface area contributed by atoms with Crippen molar-refractivity contribution in [3.8, 4) is 5.75 Å². The molecule has 0 saturated heterocycles. The number of fused-ring (bicyclic) bond motifs is 1. The first-order valence-corrected chi connectivity index (χ1v) is 7.71. The van der Waals surface area contributed by atoms with Gasteiger partial charge in [0.25, 0.3) is 5.91 Å². The summed E-state index contributed by atoms with van der Waals surface area (Å²) in [5, 5.41) is 10.3. The zero-order valence-corrected chi connectivity index (χ0v) is 14.1. The lowest BCUT2D eigenvalue weighted by molar-refractivity contribution is 0.0515. The van der Waals surface area contributed by atoms with E-state index in [1.807, 2.05) is 0 Å². The number of nitrogens with one attached hydrogen (secondary N) is 2. The lowest BCUT2D eigenvalue weighted by atomic mass is 10.2. The van der Waals surface area contributed by atoms with Crippen molar-refractivity contribution in [1.29, 1.82) is 0 Å². The molecule has 0 spiro atoms. The number of aromatic amines is 1. The van der Waals surface area contributed by atoms with Crippen molar-refractivity contribution < 1.29 is 19.1 Å². The molecule has 0 unspecified atom stereocenters. The maximum atomic E-state index is 12.5. The van der Waals surface area contributed by atoms with Crippen molar-refractivity contribution in [2.75, 3.05) is 19.0 Å². The highest BCUT2D eigenvalue weighted by Crippen LogP contribution is 2.26. The van der Waals surface area contributed by atoms with Crippen molar-refractivity contribution in [1.82, 2.24) is 14.8 Å². The number of ether oxygens (including phenoxy) is 2. The SMILES string of the molecule is CCOC(=O)c1cc(NC(=O)c2n[nH]c3c(OC)cccc23)cn1C. The highest BCUT2D eigenvalue weighted by molar-refractivity contribution is 6.12. The van der Waals surface area contributed by atoms with Crippen molar-refractivity contribution in [3.63, 3.8) is 0 Å². The van der Waals surface area contributed by atoms with E-state index in [-0.39, 0.29) is 18.2 Å². The molecule has 1 aromatic carbocycles. The molecule has 8 heteroatoms. The fraction of sp³-hybridized carbons (Fsp3) is 0.235. The van der Waals surface area contributed by atoms with Crippen LogP contribution in [-0.4, -0.2) is 40.4 Å². The van der Waals surface area contributed by atoms with Gasteiger partial charge < -0.3 is 19.4 Å². The topological polar surface area (TPSA) is 98.2 Å². The maximum absolute atomic E-state index is 12.5. The third kappa shape index (κ3) is 3.06. The second-order valence-corrected chi connectivity index (χ2v) is 5.35. The number of hydrogen-bond acceptors (Lipinski definition) is 5. The number of methoxy groups -OCH3 is 1. The van der Waals surface area contributed by atoms with Gasteiger partial charge in [0.2, 0.25) is 0 Å². The molecule has 0 fully saturated rings. The van der Waals surface area contributed by atoms with Gasteiger partial charge in [0, 0.05) is 18.6 Å². The summed E-state index contributed by atoms with van der Waals surface area (Å²) >= 11 is 0. The van der Waals surface area contributed by atoms with E-state index in [1.54, 1.807) is 56.1 Å². The molecule has 2 N–H and O–H groups in total. The van der Waals surface area contributed by atoms with Crippen LogP contribution in [0.2, 0.25) is 0 Å². The zero-order valence-electron chi connectivity index (χ0n) is 14.1. The Labute approximate surface area is 143 Å². The molecule has 0 bridgehead atoms. The summed E-state index contributed by atoms with van der Waals surface area (Å²) in [5.74, 6) is -0.227. The molecule has 25 heavy (non-hydrogen) atoms. The average Bonchev–Trinajstić information content (AvgIpc) is 3.18. The third-order valence-electron chi connectivity index (χ3n) is 3.74. The number of H-pyrrole nitrogens is 1. The molecule has 130 valence electrons. The summed E-state index contributed by atoms with van der Waals surface area (Å²) in [6.45, 7) is 2.02. The largest absolute Gasteiger partial charge is 0.494 e. The van der Waals surface area contributed by atoms with Crippen molar-refractivity contribution >= 4 is 28.5 Å². The lowest BCUT2D eigenvalue weighted by Crippen LogP contribution is -2.12. The van der Waals surface area contributed by atoms with Crippen molar-refractivity contribution in [2.45, 2.75) is 6.92 Å². The highest BCUT2D eigenvalue weighted by Gasteiger charge is 2.18. The van der Waals surface area contributed by atoms with E-state index in [4.69, 9.17) is 9.47 Å². The average molecular weight is 342 g/mol. The summed E-state index contributed by atoms with van der Waals surface area (Å²) < 4.78 is 11.8. The van der Waals surface area contributed by atoms with Gasteiger partial charge in [-0.15, -0.1) is 0 Å². The Morgan fingerprint density at radius 3 is 2.88 bits per heavy atom. The van der Waals surface area contributed by atoms with Crippen LogP contribution in [0.4, 0.5) is 5.69 Å². The number of amides is 1. The number of nitrogens with zero attached hydrogens (tertiary/aromatic N) is 2. The number of aryl methyl sites for hydroxylation is 1. The van der Waals surface area contributed by atoms with E-state index in [2.05, 4.69) is 15.5 Å². The van der Waals surface area contributed by atoms with Gasteiger partial charge in [-0.25, -0.2) is 4.79 Å². The molecular formula is C17H18N4O4. The minimum absolute atomic E-state index is 0.246. The number of hydrogen-bond donors (Lipinski definition) is 2. The minimum atomic E-state index is -0.444. The van der Waals surface area contributed by atoms with Crippen molar-refractivity contribution in [2.24, 2.45) is 7.05 Å². The molecule has 3 rings (SSSR count). The minimum Gasteiger partial charge on any atom is -0.494 e. The molecule has 0 atom stereocenters. The van der Waals surface area contributed by atoms with Crippen LogP contribution in [0.1, 0.15) is 27.9 Å². The van der Waals surface area contributed by atoms with Gasteiger partial charge in [0.1, 0.15) is 17.0 Å². The number of rotatable bonds is 5. The molecular weight excluding hydrogens is 324 g/mol. The smallest absolute Gasteiger partial charge is 0.355 e. The number of para-hydroxylation sites is 1. The van der Waals surface area contributed by atoms with E-state index >= 15 is 0 Å². The van der Waals surface area contributed by atoms with Gasteiger partial charge in [-0.05, 0) is 19.1 Å². The third-order valence-corrected chi connectivity index (χ3v) is 3.74. The van der Waals surface area contributed by atoms with Crippen molar-refractivity contribution in [3.05, 3.63) is 41.9 Å². The fourth-order valence-corrected chi connectivity index (χ4v) is 2.59. The van der Waals surface area contributed by atoms with Crippen LogP contribution in [0.3, 0.4) is 0 Å². The monoisotopic (exact) mass is 342 g/mol. The maximum Gasteiger partial charge on any atom is 0.355 e. The molecule has 2 aromatic heterocycles. The molecule has 0 saturated carbocycles. The number of aromatic nitrogens is 3. The quantitative estimate of drug-likeness (QED) is 0.694. The van der Waals surface area contributed by atoms with Gasteiger partial charge in [0.15, 0.2) is 5.69 Å². The predicted octanol–water partition coefficient (Wildman–Crippen LogP) is 2.34. The number of benzene rings is 1. The Morgan fingerprint density at radius 1 is 1.36 bits per heavy atom. The normalized spacial score (nSPS) is 10.7. The Bertz CT molecular complexity index is 941. The van der Waals surface area contributed by atoms with Gasteiger partial charge >= 0.3 is 5.97 Å². The van der Waals surface area contributed by atoms with Crippen LogP contribution in [0.15, 0.2) is 30.5 Å². The van der Waals surface area contributed by atoms with E-state index < -0.39 is 5.97 Å². The van der Waals surface area contributed by atoms with Crippen LogP contribution < -0.4 is 10.1 Å². The van der Waals surface area contributed by atoms with Crippen LogP contribution >= 0.6 is 0 Å². The molecule has 0 aliphatic heterocycles. The fourth-order valence-electron chi connectivity index (χ4n) is 2.59. The Kier molecular flexibility index (Phi) is 4.42. The first kappa shape index (κ1) is 16.6. The lowest BCUT2D eigenvalue weighted by Gasteiger charge is -2.01. The highest BCUT2D eigenvalue weighted by atomic mass is 16.5. The van der Waals surface area contributed by atoms with E-state index in [1.165, 1.54) is 0 Å². The van der Waals surface area contributed by atoms with E-state index in [0.29, 0.717) is 28.0 Å². The van der Waals surface area contributed by atoms with E-state index in [9.17, 15) is 9.59 Å². The second kappa shape index (κ2) is 6.68. The van der Waals surface area contributed by atoms with Gasteiger partial charge in [0.05, 0.1) is 19.4 Å². The van der Waals surface area contributed by atoms with E-state index in [0.717, 1.165) is 0 Å². The van der Waals surface area contributed by atoms with Gasteiger partial charge in [-0.1, -0.05) is 12.1 Å². The molecule has 8 nitrogen and oxygen atoms in total. The first-order chi connectivity index (χ1) is 12.0. The molecule has 1 amide bonds. The van der Waals surface area contributed by atoms with Crippen LogP contribution in [0, 0.1) is 0 Å². The molecule has 2 heterocycles. The zero-order chi connectivity index (χ0) is 18.0. The van der Waals surface area contributed by atoms with Crippen LogP contribution in [0.25, 0.3) is 10.9 Å². The van der Waals surface area contributed by atoms with Gasteiger partial charge in [-0.2, -0.15) is 5.10 Å².